The number of carbonyl (C=O) groups excluding carboxylic acids is 1. The molecule has 0 N–H and O–H groups in total. The molecule has 2 aromatic rings. The molecule has 0 aliphatic heterocycles. The van der Waals surface area contributed by atoms with E-state index in [2.05, 4.69) is 0 Å². The van der Waals surface area contributed by atoms with Crippen molar-refractivity contribution in [2.45, 2.75) is 44.2 Å². The van der Waals surface area contributed by atoms with E-state index in [0.29, 0.717) is 18.0 Å². The number of sulfonamides is 1. The van der Waals surface area contributed by atoms with Crippen LogP contribution in [-0.4, -0.2) is 31.7 Å². The van der Waals surface area contributed by atoms with Crippen LogP contribution in [-0.2, 0) is 16.6 Å². The van der Waals surface area contributed by atoms with E-state index in [1.54, 1.807) is 23.5 Å². The highest BCUT2D eigenvalue weighted by molar-refractivity contribution is 7.89. The summed E-state index contributed by atoms with van der Waals surface area (Å²) >= 11 is 0. The third-order valence-electron chi connectivity index (χ3n) is 5.12. The van der Waals surface area contributed by atoms with Crippen LogP contribution in [0.15, 0.2) is 53.4 Å². The molecule has 27 heavy (non-hydrogen) atoms. The lowest BCUT2D eigenvalue weighted by Crippen LogP contribution is -2.39. The van der Waals surface area contributed by atoms with Gasteiger partial charge in [-0.2, -0.15) is 4.31 Å². The van der Waals surface area contributed by atoms with Gasteiger partial charge in [-0.3, -0.25) is 4.79 Å². The maximum absolute atomic E-state index is 13.3. The van der Waals surface area contributed by atoms with Gasteiger partial charge in [-0.05, 0) is 62.4 Å². The second-order valence-electron chi connectivity index (χ2n) is 7.06. The van der Waals surface area contributed by atoms with Crippen molar-refractivity contribution >= 4 is 15.8 Å². The smallest absolute Gasteiger partial charge is 0.243 e. The summed E-state index contributed by atoms with van der Waals surface area (Å²) in [7, 11) is -2.07. The van der Waals surface area contributed by atoms with Crippen LogP contribution < -0.4 is 4.74 Å². The Hall–Kier alpha value is -2.18. The van der Waals surface area contributed by atoms with Crippen LogP contribution >= 0.6 is 0 Å². The Morgan fingerprint density at radius 3 is 2.19 bits per heavy atom. The van der Waals surface area contributed by atoms with Gasteiger partial charge in [-0.15, -0.1) is 0 Å². The van der Waals surface area contributed by atoms with E-state index in [-0.39, 0.29) is 16.7 Å². The summed E-state index contributed by atoms with van der Waals surface area (Å²) in [4.78, 5) is 11.7. The van der Waals surface area contributed by atoms with Crippen molar-refractivity contribution in [3.63, 3.8) is 0 Å². The third kappa shape index (κ3) is 4.39. The maximum Gasteiger partial charge on any atom is 0.243 e. The first kappa shape index (κ1) is 19.6. The van der Waals surface area contributed by atoms with Crippen molar-refractivity contribution in [1.82, 2.24) is 4.31 Å². The van der Waals surface area contributed by atoms with Crippen LogP contribution in [0.5, 0.6) is 5.75 Å². The molecule has 1 atom stereocenters. The quantitative estimate of drug-likeness (QED) is 0.645. The largest absolute Gasteiger partial charge is 0.497 e. The van der Waals surface area contributed by atoms with Gasteiger partial charge in [0, 0.05) is 18.2 Å². The van der Waals surface area contributed by atoms with Crippen molar-refractivity contribution in [3.05, 3.63) is 59.7 Å². The SMILES string of the molecule is COc1ccc(CN(C(C)C2CC2)S(=O)(=O)c2ccc(C(C)=O)cc2)cc1. The fourth-order valence-electron chi connectivity index (χ4n) is 3.17. The van der Waals surface area contributed by atoms with Gasteiger partial charge in [0.1, 0.15) is 5.75 Å². The van der Waals surface area contributed by atoms with Crippen LogP contribution in [0.4, 0.5) is 0 Å². The number of carbonyl (C=O) groups is 1. The molecule has 1 aliphatic rings. The average molecular weight is 388 g/mol. The molecule has 2 aromatic carbocycles. The second kappa shape index (κ2) is 7.82. The standard InChI is InChI=1S/C21H25NO4S/c1-15(18-6-7-18)22(14-17-4-10-20(26-3)11-5-17)27(24,25)21-12-8-19(9-13-21)16(2)23/h4-5,8-13,15,18H,6-7,14H2,1-3H3. The summed E-state index contributed by atoms with van der Waals surface area (Å²) < 4.78 is 33.4. The molecule has 0 bridgehead atoms. The van der Waals surface area contributed by atoms with Crippen LogP contribution in [0.1, 0.15) is 42.6 Å². The molecule has 1 saturated carbocycles. The van der Waals surface area contributed by atoms with Gasteiger partial charge < -0.3 is 4.74 Å². The molecular weight excluding hydrogens is 362 g/mol. The Kier molecular flexibility index (Phi) is 5.67. The monoisotopic (exact) mass is 387 g/mol. The van der Waals surface area contributed by atoms with E-state index in [9.17, 15) is 13.2 Å². The fourth-order valence-corrected chi connectivity index (χ4v) is 4.85. The summed E-state index contributed by atoms with van der Waals surface area (Å²) in [5.41, 5.74) is 1.41. The molecule has 0 amide bonds. The van der Waals surface area contributed by atoms with Crippen molar-refractivity contribution in [3.8, 4) is 5.75 Å². The minimum atomic E-state index is -3.67. The first-order valence-corrected chi connectivity index (χ1v) is 10.5. The molecule has 0 heterocycles. The number of rotatable bonds is 8. The zero-order valence-corrected chi connectivity index (χ0v) is 16.7. The van der Waals surface area contributed by atoms with Gasteiger partial charge in [0.15, 0.2) is 5.78 Å². The molecule has 6 heteroatoms. The highest BCUT2D eigenvalue weighted by Crippen LogP contribution is 2.38. The predicted molar refractivity (Wildman–Crippen MR) is 104 cm³/mol. The van der Waals surface area contributed by atoms with Crippen LogP contribution in [0.25, 0.3) is 0 Å². The van der Waals surface area contributed by atoms with Gasteiger partial charge in [-0.1, -0.05) is 24.3 Å². The van der Waals surface area contributed by atoms with E-state index in [1.165, 1.54) is 19.1 Å². The fraction of sp³-hybridized carbons (Fsp3) is 0.381. The predicted octanol–water partition coefficient (Wildman–Crippen LogP) is 3.89. The van der Waals surface area contributed by atoms with Crippen molar-refractivity contribution in [2.75, 3.05) is 7.11 Å². The van der Waals surface area contributed by atoms with E-state index in [4.69, 9.17) is 4.74 Å². The summed E-state index contributed by atoms with van der Waals surface area (Å²) in [5, 5.41) is 0. The van der Waals surface area contributed by atoms with E-state index < -0.39 is 10.0 Å². The number of ether oxygens (including phenoxy) is 1. The van der Waals surface area contributed by atoms with Crippen molar-refractivity contribution < 1.29 is 17.9 Å². The number of methoxy groups -OCH3 is 1. The first-order chi connectivity index (χ1) is 12.8. The lowest BCUT2D eigenvalue weighted by molar-refractivity contribution is 0.101. The van der Waals surface area contributed by atoms with Gasteiger partial charge in [-0.25, -0.2) is 8.42 Å². The Balaban J connectivity index is 1.91. The third-order valence-corrected chi connectivity index (χ3v) is 7.07. The summed E-state index contributed by atoms with van der Waals surface area (Å²) in [5.74, 6) is 1.05. The molecule has 0 aromatic heterocycles. The van der Waals surface area contributed by atoms with Gasteiger partial charge >= 0.3 is 0 Å². The maximum atomic E-state index is 13.3. The zero-order chi connectivity index (χ0) is 19.6. The minimum absolute atomic E-state index is 0.0791. The Bertz CT molecular complexity index is 900. The van der Waals surface area contributed by atoms with Crippen LogP contribution in [0, 0.1) is 5.92 Å². The van der Waals surface area contributed by atoms with Crippen molar-refractivity contribution in [2.24, 2.45) is 5.92 Å². The summed E-state index contributed by atoms with van der Waals surface area (Å²) in [6.07, 6.45) is 2.11. The molecule has 144 valence electrons. The van der Waals surface area contributed by atoms with Gasteiger partial charge in [0.2, 0.25) is 10.0 Å². The first-order valence-electron chi connectivity index (χ1n) is 9.08. The topological polar surface area (TPSA) is 63.7 Å². The molecule has 5 nitrogen and oxygen atoms in total. The Morgan fingerprint density at radius 1 is 1.11 bits per heavy atom. The molecule has 1 fully saturated rings. The van der Waals surface area contributed by atoms with Crippen LogP contribution in [0.2, 0.25) is 0 Å². The van der Waals surface area contributed by atoms with Gasteiger partial charge in [0.25, 0.3) is 0 Å². The molecular formula is C21H25NO4S. The number of benzene rings is 2. The minimum Gasteiger partial charge on any atom is -0.497 e. The summed E-state index contributed by atoms with van der Waals surface area (Å²) in [6, 6.07) is 13.6. The number of Topliss-reactive ketones (excluding diaryl/α,β-unsaturated/α-hetero) is 1. The molecule has 3 rings (SSSR count). The van der Waals surface area contributed by atoms with E-state index >= 15 is 0 Å². The summed E-state index contributed by atoms with van der Waals surface area (Å²) in [6.45, 7) is 3.75. The molecule has 0 saturated heterocycles. The highest BCUT2D eigenvalue weighted by atomic mass is 32.2. The second-order valence-corrected chi connectivity index (χ2v) is 8.95. The van der Waals surface area contributed by atoms with Crippen molar-refractivity contribution in [1.29, 1.82) is 0 Å². The molecule has 0 radical (unpaired) electrons. The molecule has 1 unspecified atom stereocenters. The van der Waals surface area contributed by atoms with Gasteiger partial charge in [0.05, 0.1) is 12.0 Å². The number of hydrogen-bond acceptors (Lipinski definition) is 4. The normalized spacial score (nSPS) is 15.6. The van der Waals surface area contributed by atoms with E-state index in [0.717, 1.165) is 24.2 Å². The Labute approximate surface area is 161 Å². The van der Waals surface area contributed by atoms with E-state index in [1.807, 2.05) is 31.2 Å². The highest BCUT2D eigenvalue weighted by Gasteiger charge is 2.38. The lowest BCUT2D eigenvalue weighted by Gasteiger charge is -2.28. The number of nitrogens with zero attached hydrogens (tertiary/aromatic N) is 1. The number of ketones is 1. The Morgan fingerprint density at radius 2 is 1.70 bits per heavy atom. The molecule has 0 spiro atoms. The lowest BCUT2D eigenvalue weighted by atomic mass is 10.1. The van der Waals surface area contributed by atoms with Crippen LogP contribution in [0.3, 0.4) is 0 Å². The molecule has 1 aliphatic carbocycles. The zero-order valence-electron chi connectivity index (χ0n) is 15.9. The average Bonchev–Trinajstić information content (AvgIpc) is 3.51. The number of hydrogen-bond donors (Lipinski definition) is 0.